The van der Waals surface area contributed by atoms with E-state index in [-0.39, 0.29) is 6.54 Å². The van der Waals surface area contributed by atoms with Crippen LogP contribution < -0.4 is 20.3 Å². The van der Waals surface area contributed by atoms with Crippen molar-refractivity contribution in [2.24, 2.45) is 0 Å². The van der Waals surface area contributed by atoms with Gasteiger partial charge < -0.3 is 25.2 Å². The molecule has 1 atom stereocenters. The summed E-state index contributed by atoms with van der Waals surface area (Å²) in [6, 6.07) is 13.9. The maximum Gasteiger partial charge on any atom is 0.325 e. The lowest BCUT2D eigenvalue weighted by atomic mass is 9.92. The topological polar surface area (TPSA) is 94.2 Å². The minimum atomic E-state index is -1.24. The Hall–Kier alpha value is -3.59. The number of carbonyl (C=O) groups excluding carboxylic acids is 3. The Labute approximate surface area is 193 Å². The summed E-state index contributed by atoms with van der Waals surface area (Å²) >= 11 is 0. The Morgan fingerprint density at radius 3 is 2.27 bits per heavy atom. The van der Waals surface area contributed by atoms with Gasteiger partial charge in [-0.05, 0) is 55.9 Å². The van der Waals surface area contributed by atoms with E-state index >= 15 is 0 Å². The van der Waals surface area contributed by atoms with Crippen LogP contribution in [0.15, 0.2) is 48.5 Å². The molecular formula is C24H29N5O4. The fourth-order valence-electron chi connectivity index (χ4n) is 4.12. The molecule has 2 aliphatic heterocycles. The second kappa shape index (κ2) is 9.11. The van der Waals surface area contributed by atoms with Gasteiger partial charge in [0.1, 0.15) is 17.8 Å². The molecule has 33 heavy (non-hydrogen) atoms. The summed E-state index contributed by atoms with van der Waals surface area (Å²) < 4.78 is 5.15. The van der Waals surface area contributed by atoms with E-state index in [4.69, 9.17) is 4.74 Å². The first-order chi connectivity index (χ1) is 15.8. The molecule has 9 heteroatoms. The molecule has 1 unspecified atom stereocenters. The van der Waals surface area contributed by atoms with E-state index in [0.29, 0.717) is 17.0 Å². The average Bonchev–Trinajstić information content (AvgIpc) is 3.04. The number of hydrogen-bond acceptors (Lipinski definition) is 6. The summed E-state index contributed by atoms with van der Waals surface area (Å²) in [5.74, 6) is -0.267. The highest BCUT2D eigenvalue weighted by atomic mass is 16.5. The number of rotatable bonds is 6. The number of likely N-dealkylation sites (N-methyl/N-ethyl adjacent to an activating group) is 1. The summed E-state index contributed by atoms with van der Waals surface area (Å²) in [7, 11) is 3.67. The van der Waals surface area contributed by atoms with Gasteiger partial charge in [0.2, 0.25) is 5.91 Å². The van der Waals surface area contributed by atoms with E-state index in [2.05, 4.69) is 27.5 Å². The average molecular weight is 452 g/mol. The molecule has 9 nitrogen and oxygen atoms in total. The zero-order chi connectivity index (χ0) is 23.6. The van der Waals surface area contributed by atoms with Crippen LogP contribution in [0.3, 0.4) is 0 Å². The molecular weight excluding hydrogens is 422 g/mol. The molecule has 174 valence electrons. The van der Waals surface area contributed by atoms with Gasteiger partial charge >= 0.3 is 6.03 Å². The highest BCUT2D eigenvalue weighted by Crippen LogP contribution is 2.30. The van der Waals surface area contributed by atoms with Gasteiger partial charge in [0.05, 0.1) is 7.11 Å². The number of piperazine rings is 1. The highest BCUT2D eigenvalue weighted by Gasteiger charge is 2.49. The third kappa shape index (κ3) is 4.63. The Morgan fingerprint density at radius 1 is 1.03 bits per heavy atom. The summed E-state index contributed by atoms with van der Waals surface area (Å²) in [4.78, 5) is 43.7. The number of anilines is 2. The van der Waals surface area contributed by atoms with Crippen molar-refractivity contribution in [1.29, 1.82) is 0 Å². The van der Waals surface area contributed by atoms with Crippen molar-refractivity contribution in [3.8, 4) is 5.75 Å². The largest absolute Gasteiger partial charge is 0.497 e. The van der Waals surface area contributed by atoms with Crippen molar-refractivity contribution < 1.29 is 19.1 Å². The maximum atomic E-state index is 13.0. The molecule has 2 aromatic rings. The van der Waals surface area contributed by atoms with Gasteiger partial charge in [-0.2, -0.15) is 0 Å². The van der Waals surface area contributed by atoms with Crippen LogP contribution in [0.4, 0.5) is 16.2 Å². The first kappa shape index (κ1) is 22.6. The molecule has 4 amide bonds. The number of methoxy groups -OCH3 is 1. The van der Waals surface area contributed by atoms with Crippen LogP contribution in [0.5, 0.6) is 5.75 Å². The van der Waals surface area contributed by atoms with Gasteiger partial charge in [0.15, 0.2) is 0 Å². The van der Waals surface area contributed by atoms with Crippen LogP contribution in [-0.4, -0.2) is 74.5 Å². The van der Waals surface area contributed by atoms with Gasteiger partial charge in [-0.1, -0.05) is 12.1 Å². The maximum absolute atomic E-state index is 13.0. The van der Waals surface area contributed by atoms with Gasteiger partial charge in [-0.15, -0.1) is 0 Å². The molecule has 2 aliphatic rings. The third-order valence-electron chi connectivity index (χ3n) is 6.26. The first-order valence-electron chi connectivity index (χ1n) is 10.9. The van der Waals surface area contributed by atoms with Crippen molar-refractivity contribution in [2.75, 3.05) is 57.1 Å². The summed E-state index contributed by atoms with van der Waals surface area (Å²) in [6.07, 6.45) is 0. The normalized spacial score (nSPS) is 21.2. The lowest BCUT2D eigenvalue weighted by Gasteiger charge is -2.34. The fourth-order valence-corrected chi connectivity index (χ4v) is 4.12. The molecule has 2 aromatic carbocycles. The van der Waals surface area contributed by atoms with E-state index in [9.17, 15) is 14.4 Å². The summed E-state index contributed by atoms with van der Waals surface area (Å²) in [5, 5.41) is 5.48. The fraction of sp³-hybridized carbons (Fsp3) is 0.375. The lowest BCUT2D eigenvalue weighted by molar-refractivity contribution is -0.133. The van der Waals surface area contributed by atoms with Gasteiger partial charge in [0, 0.05) is 37.6 Å². The molecule has 4 rings (SSSR count). The predicted octanol–water partition coefficient (Wildman–Crippen LogP) is 1.85. The second-order valence-electron chi connectivity index (χ2n) is 8.56. The van der Waals surface area contributed by atoms with E-state index < -0.39 is 23.4 Å². The van der Waals surface area contributed by atoms with Crippen LogP contribution in [-0.2, 0) is 15.1 Å². The number of carbonyl (C=O) groups is 3. The lowest BCUT2D eigenvalue weighted by Crippen LogP contribution is -2.44. The number of hydrogen-bond donors (Lipinski definition) is 2. The van der Waals surface area contributed by atoms with E-state index in [1.807, 2.05) is 24.3 Å². The van der Waals surface area contributed by atoms with Crippen molar-refractivity contribution in [3.63, 3.8) is 0 Å². The van der Waals surface area contributed by atoms with Crippen LogP contribution in [0.2, 0.25) is 0 Å². The zero-order valence-corrected chi connectivity index (χ0v) is 19.1. The van der Waals surface area contributed by atoms with Crippen LogP contribution >= 0.6 is 0 Å². The molecule has 0 aliphatic carbocycles. The molecule has 0 bridgehead atoms. The van der Waals surface area contributed by atoms with Crippen molar-refractivity contribution in [3.05, 3.63) is 54.1 Å². The van der Waals surface area contributed by atoms with Crippen molar-refractivity contribution in [1.82, 2.24) is 15.1 Å². The Kier molecular flexibility index (Phi) is 6.24. The number of ether oxygens (including phenoxy) is 1. The quantitative estimate of drug-likeness (QED) is 0.651. The highest BCUT2D eigenvalue weighted by molar-refractivity contribution is 6.10. The number of nitrogens with zero attached hydrogens (tertiary/aromatic N) is 3. The van der Waals surface area contributed by atoms with Gasteiger partial charge in [0.25, 0.3) is 5.91 Å². The molecule has 2 N–H and O–H groups in total. The third-order valence-corrected chi connectivity index (χ3v) is 6.26. The monoisotopic (exact) mass is 451 g/mol. The minimum Gasteiger partial charge on any atom is -0.497 e. The SMILES string of the molecule is COc1ccc(C2(C)NC(=O)N(CC(=O)Nc3ccc(N4CCN(C)CC4)cc3)C2=O)cc1. The Bertz CT molecular complexity index is 1030. The molecule has 0 aromatic heterocycles. The second-order valence-corrected chi connectivity index (χ2v) is 8.56. The van der Waals surface area contributed by atoms with Crippen molar-refractivity contribution in [2.45, 2.75) is 12.5 Å². The number of imide groups is 1. The van der Waals surface area contributed by atoms with E-state index in [1.165, 1.54) is 0 Å². The van der Waals surface area contributed by atoms with Crippen LogP contribution in [0.25, 0.3) is 0 Å². The van der Waals surface area contributed by atoms with Gasteiger partial charge in [-0.25, -0.2) is 4.79 Å². The van der Waals surface area contributed by atoms with Crippen molar-refractivity contribution >= 4 is 29.2 Å². The number of benzene rings is 2. The standard InChI is InChI=1S/C24H29N5O4/c1-24(17-4-10-20(33-3)11-5-17)22(31)29(23(32)26-24)16-21(30)25-18-6-8-19(9-7-18)28-14-12-27(2)13-15-28/h4-11H,12-16H2,1-3H3,(H,25,30)(H,26,32). The van der Waals surface area contributed by atoms with E-state index in [0.717, 1.165) is 36.8 Å². The summed E-state index contributed by atoms with van der Waals surface area (Å²) in [6.45, 7) is 5.21. The van der Waals surface area contributed by atoms with Crippen LogP contribution in [0.1, 0.15) is 12.5 Å². The minimum absolute atomic E-state index is 0.364. The predicted molar refractivity (Wildman–Crippen MR) is 125 cm³/mol. The molecule has 0 radical (unpaired) electrons. The van der Waals surface area contributed by atoms with E-state index in [1.54, 1.807) is 38.3 Å². The van der Waals surface area contributed by atoms with Gasteiger partial charge in [-0.3, -0.25) is 14.5 Å². The van der Waals surface area contributed by atoms with Crippen LogP contribution in [0, 0.1) is 0 Å². The summed E-state index contributed by atoms with van der Waals surface area (Å²) in [5.41, 5.74) is 1.09. The number of amides is 4. The molecule has 0 spiro atoms. The molecule has 2 saturated heterocycles. The number of urea groups is 1. The molecule has 0 saturated carbocycles. The molecule has 2 heterocycles. The zero-order valence-electron chi connectivity index (χ0n) is 19.1. The Morgan fingerprint density at radius 2 is 1.67 bits per heavy atom. The number of nitrogens with one attached hydrogen (secondary N) is 2. The Balaban J connectivity index is 1.38. The smallest absolute Gasteiger partial charge is 0.325 e. The molecule has 2 fully saturated rings. The first-order valence-corrected chi connectivity index (χ1v) is 10.9.